The third-order valence-corrected chi connectivity index (χ3v) is 12.5. The zero-order valence-electron chi connectivity index (χ0n) is 33.9. The van der Waals surface area contributed by atoms with Crippen LogP contribution >= 0.6 is 0 Å². The van der Waals surface area contributed by atoms with Crippen LogP contribution < -0.4 is 4.90 Å². The molecule has 0 unspecified atom stereocenters. The summed E-state index contributed by atoms with van der Waals surface area (Å²) in [5, 5.41) is 9.59. The van der Waals surface area contributed by atoms with Gasteiger partial charge in [-0.15, -0.1) is 0 Å². The van der Waals surface area contributed by atoms with Crippen molar-refractivity contribution in [2.45, 2.75) is 0 Å². The molecular formula is C60H39NO. The van der Waals surface area contributed by atoms with Crippen LogP contribution in [0.15, 0.2) is 241 Å². The molecule has 1 aromatic heterocycles. The topological polar surface area (TPSA) is 16.4 Å². The highest BCUT2D eigenvalue weighted by Crippen LogP contribution is 2.47. The number of benzene rings is 11. The summed E-state index contributed by atoms with van der Waals surface area (Å²) in [7, 11) is 0. The van der Waals surface area contributed by atoms with Crippen molar-refractivity contribution in [1.82, 2.24) is 0 Å². The quantitative estimate of drug-likeness (QED) is 0.150. The Labute approximate surface area is 360 Å². The van der Waals surface area contributed by atoms with Crippen molar-refractivity contribution in [3.63, 3.8) is 0 Å². The smallest absolute Gasteiger partial charge is 0.135 e. The number of rotatable bonds is 7. The van der Waals surface area contributed by atoms with E-state index >= 15 is 0 Å². The molecule has 0 saturated heterocycles. The number of para-hydroxylation sites is 1. The number of fused-ring (bicyclic) bond motifs is 7. The largest absolute Gasteiger partial charge is 0.456 e. The predicted octanol–water partition coefficient (Wildman–Crippen LogP) is 17.2. The van der Waals surface area contributed by atoms with Gasteiger partial charge < -0.3 is 9.32 Å². The maximum atomic E-state index is 6.30. The van der Waals surface area contributed by atoms with Gasteiger partial charge in [0.1, 0.15) is 11.2 Å². The van der Waals surface area contributed by atoms with E-state index in [1.807, 2.05) is 12.1 Å². The van der Waals surface area contributed by atoms with Gasteiger partial charge in [0.15, 0.2) is 0 Å². The predicted molar refractivity (Wildman–Crippen MR) is 263 cm³/mol. The van der Waals surface area contributed by atoms with Crippen LogP contribution in [0, 0.1) is 0 Å². The molecule has 12 rings (SSSR count). The number of nitrogens with zero attached hydrogens (tertiary/aromatic N) is 1. The molecule has 0 spiro atoms. The first-order valence-corrected chi connectivity index (χ1v) is 21.3. The minimum atomic E-state index is 0.879. The Morgan fingerprint density at radius 3 is 1.48 bits per heavy atom. The monoisotopic (exact) mass is 789 g/mol. The molecule has 2 heteroatoms. The highest BCUT2D eigenvalue weighted by molar-refractivity contribution is 6.22. The Balaban J connectivity index is 1.04. The van der Waals surface area contributed by atoms with Crippen molar-refractivity contribution >= 4 is 71.3 Å². The van der Waals surface area contributed by atoms with E-state index in [9.17, 15) is 0 Å². The van der Waals surface area contributed by atoms with Crippen molar-refractivity contribution in [1.29, 1.82) is 0 Å². The lowest BCUT2D eigenvalue weighted by Crippen LogP contribution is -2.10. The zero-order chi connectivity index (χ0) is 41.0. The molecule has 2 nitrogen and oxygen atoms in total. The van der Waals surface area contributed by atoms with E-state index in [2.05, 4.69) is 229 Å². The fraction of sp³-hybridized carbons (Fsp3) is 0. The van der Waals surface area contributed by atoms with Crippen LogP contribution in [0.3, 0.4) is 0 Å². The molecule has 0 amide bonds. The Kier molecular flexibility index (Phi) is 8.53. The standard InChI is InChI=1S/C60H39NO/c1-4-16-41(17-5-1)47-35-36-56(51-24-12-10-22-48(47)51)61(46-33-37-58-54(39-46)52-25-14-15-27-57(52)62-58)45-31-28-40(29-32-45)44-30-34-50-49-23-11-13-26-53(49)59(42-18-6-2-7-19-42)60(55(50)38-44)43-20-8-3-9-21-43/h1-39H. The van der Waals surface area contributed by atoms with E-state index in [1.165, 1.54) is 71.3 Å². The molecule has 11 aromatic carbocycles. The molecule has 290 valence electrons. The number of anilines is 3. The summed E-state index contributed by atoms with van der Waals surface area (Å²) in [4.78, 5) is 2.40. The van der Waals surface area contributed by atoms with Crippen LogP contribution in [0.1, 0.15) is 0 Å². The normalized spacial score (nSPS) is 11.5. The van der Waals surface area contributed by atoms with Crippen molar-refractivity contribution in [3.8, 4) is 44.5 Å². The van der Waals surface area contributed by atoms with Crippen LogP contribution in [0.25, 0.3) is 98.8 Å². The summed E-state index contributed by atoms with van der Waals surface area (Å²) in [5.74, 6) is 0. The van der Waals surface area contributed by atoms with E-state index in [4.69, 9.17) is 4.42 Å². The van der Waals surface area contributed by atoms with E-state index in [0.717, 1.165) is 44.6 Å². The minimum absolute atomic E-state index is 0.879. The van der Waals surface area contributed by atoms with Crippen molar-refractivity contribution in [2.24, 2.45) is 0 Å². The Hall–Kier alpha value is -8.20. The number of furan rings is 1. The molecule has 12 aromatic rings. The first-order chi connectivity index (χ1) is 30.8. The van der Waals surface area contributed by atoms with Crippen LogP contribution in [0.2, 0.25) is 0 Å². The summed E-state index contributed by atoms with van der Waals surface area (Å²) in [6, 6.07) is 85.5. The van der Waals surface area contributed by atoms with Gasteiger partial charge in [0, 0.05) is 27.5 Å². The van der Waals surface area contributed by atoms with Gasteiger partial charge in [-0.3, -0.25) is 0 Å². The molecule has 0 radical (unpaired) electrons. The maximum Gasteiger partial charge on any atom is 0.135 e. The lowest BCUT2D eigenvalue weighted by Gasteiger charge is -2.28. The summed E-state index contributed by atoms with van der Waals surface area (Å²) in [6.07, 6.45) is 0. The second-order valence-corrected chi connectivity index (χ2v) is 16.0. The van der Waals surface area contributed by atoms with E-state index < -0.39 is 0 Å². The van der Waals surface area contributed by atoms with Gasteiger partial charge in [0.05, 0.1) is 5.69 Å². The lowest BCUT2D eigenvalue weighted by atomic mass is 9.84. The summed E-state index contributed by atoms with van der Waals surface area (Å²) < 4.78 is 6.30. The second-order valence-electron chi connectivity index (χ2n) is 16.0. The molecular weight excluding hydrogens is 751 g/mol. The van der Waals surface area contributed by atoms with E-state index in [1.54, 1.807) is 0 Å². The molecule has 0 fully saturated rings. The Bertz CT molecular complexity index is 3610. The fourth-order valence-electron chi connectivity index (χ4n) is 9.61. The highest BCUT2D eigenvalue weighted by atomic mass is 16.3. The van der Waals surface area contributed by atoms with Gasteiger partial charge >= 0.3 is 0 Å². The van der Waals surface area contributed by atoms with Gasteiger partial charge in [-0.1, -0.05) is 188 Å². The maximum absolute atomic E-state index is 6.30. The molecule has 0 aliphatic rings. The molecule has 1 heterocycles. The van der Waals surface area contributed by atoms with Crippen LogP contribution in [0.4, 0.5) is 17.1 Å². The van der Waals surface area contributed by atoms with Gasteiger partial charge in [-0.05, 0) is 120 Å². The van der Waals surface area contributed by atoms with Gasteiger partial charge in [0.2, 0.25) is 0 Å². The van der Waals surface area contributed by atoms with Gasteiger partial charge in [0.25, 0.3) is 0 Å². The minimum Gasteiger partial charge on any atom is -0.456 e. The average Bonchev–Trinajstić information content (AvgIpc) is 3.72. The van der Waals surface area contributed by atoms with Crippen molar-refractivity contribution < 1.29 is 4.42 Å². The zero-order valence-corrected chi connectivity index (χ0v) is 33.9. The SMILES string of the molecule is c1ccc(-c2ccc(N(c3ccc(-c4ccc5c(c4)c(-c4ccccc4)c(-c4ccccc4)c4ccccc45)cc3)c3ccc4oc5ccccc5c4c3)c3ccccc23)cc1. The third kappa shape index (κ3) is 5.96. The highest BCUT2D eigenvalue weighted by Gasteiger charge is 2.21. The Morgan fingerprint density at radius 2 is 0.774 bits per heavy atom. The van der Waals surface area contributed by atoms with Gasteiger partial charge in [-0.25, -0.2) is 0 Å². The van der Waals surface area contributed by atoms with Crippen LogP contribution in [-0.4, -0.2) is 0 Å². The number of hydrogen-bond acceptors (Lipinski definition) is 2. The first kappa shape index (κ1) is 35.7. The molecule has 0 bridgehead atoms. The fourth-order valence-corrected chi connectivity index (χ4v) is 9.61. The number of hydrogen-bond donors (Lipinski definition) is 0. The first-order valence-electron chi connectivity index (χ1n) is 21.3. The molecule has 62 heavy (non-hydrogen) atoms. The summed E-state index contributed by atoms with van der Waals surface area (Å²) >= 11 is 0. The van der Waals surface area contributed by atoms with E-state index in [-0.39, 0.29) is 0 Å². The molecule has 0 aliphatic heterocycles. The molecule has 0 saturated carbocycles. The Morgan fingerprint density at radius 1 is 0.258 bits per heavy atom. The van der Waals surface area contributed by atoms with Gasteiger partial charge in [-0.2, -0.15) is 0 Å². The van der Waals surface area contributed by atoms with Crippen molar-refractivity contribution in [3.05, 3.63) is 237 Å². The summed E-state index contributed by atoms with van der Waals surface area (Å²) in [5.41, 5.74) is 14.7. The molecule has 0 N–H and O–H groups in total. The molecule has 0 aliphatic carbocycles. The third-order valence-electron chi connectivity index (χ3n) is 12.5. The second kappa shape index (κ2) is 14.8. The molecule has 0 atom stereocenters. The van der Waals surface area contributed by atoms with E-state index in [0.29, 0.717) is 0 Å². The summed E-state index contributed by atoms with van der Waals surface area (Å²) in [6.45, 7) is 0. The van der Waals surface area contributed by atoms with Crippen LogP contribution in [0.5, 0.6) is 0 Å². The van der Waals surface area contributed by atoms with Crippen LogP contribution in [-0.2, 0) is 0 Å². The lowest BCUT2D eigenvalue weighted by molar-refractivity contribution is 0.669. The average molecular weight is 790 g/mol. The van der Waals surface area contributed by atoms with Crippen molar-refractivity contribution in [2.75, 3.05) is 4.90 Å².